The van der Waals surface area contributed by atoms with Gasteiger partial charge in [0.1, 0.15) is 0 Å². The second kappa shape index (κ2) is 4.18. The van der Waals surface area contributed by atoms with Crippen molar-refractivity contribution in [3.05, 3.63) is 35.9 Å². The Balaban J connectivity index is 2.17. The van der Waals surface area contributed by atoms with Crippen LogP contribution in [0.1, 0.15) is 37.5 Å². The third-order valence-electron chi connectivity index (χ3n) is 2.90. The molecule has 1 aromatic rings. The Morgan fingerprint density at radius 1 is 1.27 bits per heavy atom. The van der Waals surface area contributed by atoms with Crippen LogP contribution in [-0.4, -0.2) is 10.8 Å². The van der Waals surface area contributed by atoms with Crippen LogP contribution in [-0.2, 0) is 0 Å². The molecule has 0 spiro atoms. The summed E-state index contributed by atoms with van der Waals surface area (Å²) in [6, 6.07) is 11.1. The Bertz CT molecular complexity index is 321. The van der Waals surface area contributed by atoms with Gasteiger partial charge in [-0.25, -0.2) is 0 Å². The summed E-state index contributed by atoms with van der Waals surface area (Å²) in [6.07, 6.45) is 2.24. The minimum absolute atomic E-state index is 0.318. The van der Waals surface area contributed by atoms with Crippen molar-refractivity contribution in [2.45, 2.75) is 42.7 Å². The van der Waals surface area contributed by atoms with Crippen molar-refractivity contribution in [3.8, 4) is 0 Å². The maximum Gasteiger partial charge on any atom is 0.0317 e. The Hall–Kier alpha value is -0.470. The lowest BCUT2D eigenvalue weighted by atomic mass is 9.96. The molecule has 0 aromatic heterocycles. The highest BCUT2D eigenvalue weighted by Crippen LogP contribution is 2.47. The van der Waals surface area contributed by atoms with Gasteiger partial charge >= 0.3 is 0 Å². The fourth-order valence-electron chi connectivity index (χ4n) is 2.34. The van der Waals surface area contributed by atoms with E-state index >= 15 is 0 Å². The van der Waals surface area contributed by atoms with Crippen LogP contribution in [0.3, 0.4) is 0 Å². The van der Waals surface area contributed by atoms with Gasteiger partial charge in [-0.1, -0.05) is 44.2 Å². The fraction of sp³-hybridized carbons (Fsp3) is 0.538. The first kappa shape index (κ1) is 11.0. The molecular weight excluding hydrogens is 202 g/mol. The molecule has 2 heteroatoms. The highest BCUT2D eigenvalue weighted by Gasteiger charge is 2.33. The van der Waals surface area contributed by atoms with Gasteiger partial charge in [0, 0.05) is 16.0 Å². The molecule has 1 nitrogen and oxygen atoms in total. The van der Waals surface area contributed by atoms with Crippen molar-refractivity contribution >= 4 is 11.8 Å². The number of thioether (sulfide) groups is 1. The molecule has 2 atom stereocenters. The van der Waals surface area contributed by atoms with E-state index in [1.165, 1.54) is 5.56 Å². The quantitative estimate of drug-likeness (QED) is 0.787. The highest BCUT2D eigenvalue weighted by atomic mass is 32.2. The number of nitrogens with two attached hydrogens (primary N) is 1. The monoisotopic (exact) mass is 221 g/mol. The van der Waals surface area contributed by atoms with E-state index < -0.39 is 0 Å². The van der Waals surface area contributed by atoms with E-state index in [1.807, 2.05) is 0 Å². The van der Waals surface area contributed by atoms with E-state index in [9.17, 15) is 0 Å². The largest absolute Gasteiger partial charge is 0.328 e. The molecule has 0 saturated carbocycles. The highest BCUT2D eigenvalue weighted by molar-refractivity contribution is 8.00. The first-order valence-corrected chi connectivity index (χ1v) is 6.43. The first-order chi connectivity index (χ1) is 7.07. The zero-order chi connectivity index (χ0) is 10.9. The topological polar surface area (TPSA) is 26.0 Å². The van der Waals surface area contributed by atoms with Gasteiger partial charge in [-0.15, -0.1) is 11.8 Å². The van der Waals surface area contributed by atoms with Crippen LogP contribution in [0.5, 0.6) is 0 Å². The third kappa shape index (κ3) is 2.76. The van der Waals surface area contributed by atoms with Gasteiger partial charge in [-0.05, 0) is 18.4 Å². The van der Waals surface area contributed by atoms with Crippen LogP contribution >= 0.6 is 11.8 Å². The molecule has 0 amide bonds. The van der Waals surface area contributed by atoms with Crippen molar-refractivity contribution < 1.29 is 0 Å². The number of benzene rings is 1. The van der Waals surface area contributed by atoms with Gasteiger partial charge in [0.05, 0.1) is 0 Å². The number of hydrogen-bond acceptors (Lipinski definition) is 2. The Morgan fingerprint density at radius 3 is 2.53 bits per heavy atom. The summed E-state index contributed by atoms with van der Waals surface area (Å²) >= 11 is 2.07. The molecule has 0 aliphatic carbocycles. The summed E-state index contributed by atoms with van der Waals surface area (Å²) in [5.41, 5.74) is 7.55. The Kier molecular flexibility index (Phi) is 3.08. The van der Waals surface area contributed by atoms with Crippen molar-refractivity contribution in [1.82, 2.24) is 0 Å². The van der Waals surface area contributed by atoms with Crippen molar-refractivity contribution in [1.29, 1.82) is 0 Å². The van der Waals surface area contributed by atoms with E-state index in [1.54, 1.807) is 0 Å². The van der Waals surface area contributed by atoms with E-state index in [2.05, 4.69) is 55.9 Å². The molecule has 1 aliphatic heterocycles. The first-order valence-electron chi connectivity index (χ1n) is 5.55. The second-order valence-corrected chi connectivity index (χ2v) is 6.89. The summed E-state index contributed by atoms with van der Waals surface area (Å²) in [5.74, 6) is 0. The van der Waals surface area contributed by atoms with Crippen LogP contribution < -0.4 is 5.73 Å². The average Bonchev–Trinajstić information content (AvgIpc) is 2.16. The summed E-state index contributed by atoms with van der Waals surface area (Å²) in [7, 11) is 0. The van der Waals surface area contributed by atoms with Gasteiger partial charge in [0.25, 0.3) is 0 Å². The van der Waals surface area contributed by atoms with Crippen LogP contribution in [0.15, 0.2) is 30.3 Å². The zero-order valence-electron chi connectivity index (χ0n) is 9.44. The van der Waals surface area contributed by atoms with E-state index in [4.69, 9.17) is 5.73 Å². The zero-order valence-corrected chi connectivity index (χ0v) is 10.3. The van der Waals surface area contributed by atoms with Crippen LogP contribution in [0, 0.1) is 0 Å². The van der Waals surface area contributed by atoms with Gasteiger partial charge in [-0.3, -0.25) is 0 Å². The predicted octanol–water partition coefficient (Wildman–Crippen LogP) is 3.36. The molecule has 0 unspecified atom stereocenters. The summed E-state index contributed by atoms with van der Waals surface area (Å²) in [5, 5.41) is 0.574. The summed E-state index contributed by atoms with van der Waals surface area (Å²) < 4.78 is 0.318. The lowest BCUT2D eigenvalue weighted by Crippen LogP contribution is -2.36. The molecule has 1 saturated heterocycles. The normalized spacial score (nSPS) is 30.1. The van der Waals surface area contributed by atoms with Gasteiger partial charge < -0.3 is 5.73 Å². The minimum atomic E-state index is 0.318. The SMILES string of the molecule is CC1(C)C[C@H](N)C[C@H](c2ccccc2)S1. The van der Waals surface area contributed by atoms with Gasteiger partial charge in [-0.2, -0.15) is 0 Å². The molecule has 1 aliphatic rings. The maximum absolute atomic E-state index is 6.12. The molecule has 2 N–H and O–H groups in total. The molecule has 1 heterocycles. The van der Waals surface area contributed by atoms with E-state index in [0.29, 0.717) is 16.0 Å². The average molecular weight is 221 g/mol. The molecule has 0 bridgehead atoms. The molecular formula is C13H19NS. The van der Waals surface area contributed by atoms with E-state index in [-0.39, 0.29) is 0 Å². The molecule has 0 radical (unpaired) electrons. The predicted molar refractivity (Wildman–Crippen MR) is 68.1 cm³/mol. The van der Waals surface area contributed by atoms with Crippen LogP contribution in [0.2, 0.25) is 0 Å². The molecule has 15 heavy (non-hydrogen) atoms. The standard InChI is InChI=1S/C13H19NS/c1-13(2)9-11(14)8-12(15-13)10-6-4-3-5-7-10/h3-7,11-12H,8-9,14H2,1-2H3/t11-,12-/m1/s1. The molecule has 2 rings (SSSR count). The summed E-state index contributed by atoms with van der Waals surface area (Å²) in [4.78, 5) is 0. The summed E-state index contributed by atoms with van der Waals surface area (Å²) in [6.45, 7) is 4.60. The molecule has 82 valence electrons. The van der Waals surface area contributed by atoms with Crippen molar-refractivity contribution in [2.24, 2.45) is 5.73 Å². The van der Waals surface area contributed by atoms with Gasteiger partial charge in [0.2, 0.25) is 0 Å². The molecule has 1 aromatic carbocycles. The Morgan fingerprint density at radius 2 is 1.93 bits per heavy atom. The third-order valence-corrected chi connectivity index (χ3v) is 4.46. The van der Waals surface area contributed by atoms with Crippen LogP contribution in [0.25, 0.3) is 0 Å². The maximum atomic E-state index is 6.12. The Labute approximate surface area is 96.4 Å². The number of hydrogen-bond donors (Lipinski definition) is 1. The molecule has 1 fully saturated rings. The van der Waals surface area contributed by atoms with E-state index in [0.717, 1.165) is 12.8 Å². The smallest absolute Gasteiger partial charge is 0.0317 e. The van der Waals surface area contributed by atoms with Crippen LogP contribution in [0.4, 0.5) is 0 Å². The lowest BCUT2D eigenvalue weighted by Gasteiger charge is -2.38. The lowest BCUT2D eigenvalue weighted by molar-refractivity contribution is 0.472. The second-order valence-electron chi connectivity index (χ2n) is 4.98. The minimum Gasteiger partial charge on any atom is -0.328 e. The fourth-order valence-corrected chi connectivity index (χ4v) is 4.06. The van der Waals surface area contributed by atoms with Crippen molar-refractivity contribution in [3.63, 3.8) is 0 Å². The van der Waals surface area contributed by atoms with Gasteiger partial charge in [0.15, 0.2) is 0 Å². The van der Waals surface area contributed by atoms with Crippen molar-refractivity contribution in [2.75, 3.05) is 0 Å². The number of rotatable bonds is 1.